The minimum absolute atomic E-state index is 0.163. The van der Waals surface area contributed by atoms with Crippen LogP contribution in [0.3, 0.4) is 0 Å². The number of primary amides is 1. The van der Waals surface area contributed by atoms with Crippen molar-refractivity contribution in [1.82, 2.24) is 0 Å². The number of nitrogens with two attached hydrogens (primary N) is 1. The first-order valence-electron chi connectivity index (χ1n) is 4.19. The molecule has 0 radical (unpaired) electrons. The summed E-state index contributed by atoms with van der Waals surface area (Å²) in [5.74, 6) is -1.74. The molecule has 0 aromatic heterocycles. The topological polar surface area (TPSA) is 102 Å². The third-order valence-electron chi connectivity index (χ3n) is 1.62. The number of hydrogen-bond donors (Lipinski definition) is 3. The van der Waals surface area contributed by atoms with Gasteiger partial charge in [-0.2, -0.15) is 0 Å². The molecule has 0 heterocycles. The number of rotatable bonds is 5. The molecule has 86 valence electrons. The van der Waals surface area contributed by atoms with Crippen molar-refractivity contribution in [2.45, 2.75) is 0 Å². The number of benzene rings is 1. The van der Waals surface area contributed by atoms with Gasteiger partial charge < -0.3 is 10.8 Å². The van der Waals surface area contributed by atoms with Gasteiger partial charge in [0.1, 0.15) is 0 Å². The summed E-state index contributed by atoms with van der Waals surface area (Å²) in [5, 5.41) is 8.47. The molecule has 0 unspecified atom stereocenters. The zero-order valence-electron chi connectivity index (χ0n) is 8.07. The summed E-state index contributed by atoms with van der Waals surface area (Å²) in [6, 6.07) is 4.31. The summed E-state index contributed by atoms with van der Waals surface area (Å²) in [6.45, 7) is -0.491. The van der Waals surface area contributed by atoms with Crippen LogP contribution in [0.1, 0.15) is 10.4 Å². The molecular formula is C9H9ClN2O4. The molecule has 16 heavy (non-hydrogen) atoms. The first-order valence-corrected chi connectivity index (χ1v) is 4.57. The van der Waals surface area contributed by atoms with Crippen molar-refractivity contribution >= 4 is 29.2 Å². The van der Waals surface area contributed by atoms with Crippen molar-refractivity contribution in [2.75, 3.05) is 12.1 Å². The Morgan fingerprint density at radius 3 is 2.69 bits per heavy atom. The Labute approximate surface area is 95.9 Å². The van der Waals surface area contributed by atoms with Gasteiger partial charge in [-0.15, -0.1) is 0 Å². The third kappa shape index (κ3) is 3.41. The highest BCUT2D eigenvalue weighted by atomic mass is 35.5. The maximum atomic E-state index is 10.8. The lowest BCUT2D eigenvalue weighted by molar-refractivity contribution is -0.141. The fraction of sp³-hybridized carbons (Fsp3) is 0.111. The van der Waals surface area contributed by atoms with E-state index < -0.39 is 18.5 Å². The van der Waals surface area contributed by atoms with Gasteiger partial charge in [0.15, 0.2) is 6.61 Å². The van der Waals surface area contributed by atoms with Crippen molar-refractivity contribution in [3.63, 3.8) is 0 Å². The predicted octanol–water partition coefficient (Wildman–Crippen LogP) is 0.867. The van der Waals surface area contributed by atoms with E-state index in [1.165, 1.54) is 18.2 Å². The molecule has 1 rings (SSSR count). The minimum atomic E-state index is -1.10. The summed E-state index contributed by atoms with van der Waals surface area (Å²) in [4.78, 5) is 25.6. The zero-order chi connectivity index (χ0) is 12.1. The van der Waals surface area contributed by atoms with Gasteiger partial charge in [0.05, 0.1) is 16.3 Å². The molecule has 6 nitrogen and oxygen atoms in total. The second kappa shape index (κ2) is 5.34. The van der Waals surface area contributed by atoms with Crippen LogP contribution >= 0.6 is 11.6 Å². The van der Waals surface area contributed by atoms with Crippen LogP contribution < -0.4 is 11.2 Å². The molecule has 0 saturated carbocycles. The van der Waals surface area contributed by atoms with Gasteiger partial charge in [-0.3, -0.25) is 15.1 Å². The van der Waals surface area contributed by atoms with E-state index in [0.717, 1.165) is 0 Å². The first-order chi connectivity index (χ1) is 7.50. The van der Waals surface area contributed by atoms with E-state index in [-0.39, 0.29) is 10.6 Å². The van der Waals surface area contributed by atoms with Crippen LogP contribution in [-0.4, -0.2) is 23.6 Å². The average molecular weight is 245 g/mol. The number of carbonyl (C=O) groups is 2. The SMILES string of the molecule is NC(=O)c1ccc(NOCC(=O)O)cc1Cl. The number of carboxylic acid groups (broad SMARTS) is 1. The van der Waals surface area contributed by atoms with E-state index >= 15 is 0 Å². The van der Waals surface area contributed by atoms with E-state index in [2.05, 4.69) is 10.3 Å². The second-order valence-corrected chi connectivity index (χ2v) is 3.25. The molecule has 1 aromatic rings. The second-order valence-electron chi connectivity index (χ2n) is 2.84. The van der Waals surface area contributed by atoms with Gasteiger partial charge in [0.2, 0.25) is 5.91 Å². The van der Waals surface area contributed by atoms with Crippen LogP contribution in [-0.2, 0) is 9.63 Å². The Bertz CT molecular complexity index is 422. The van der Waals surface area contributed by atoms with Crippen LogP contribution in [0, 0.1) is 0 Å². The standard InChI is InChI=1S/C9H9ClN2O4/c10-7-3-5(12-16-4-8(13)14)1-2-6(7)9(11)15/h1-3,12H,4H2,(H2,11,15)(H,13,14). The smallest absolute Gasteiger partial charge is 0.332 e. The molecule has 0 fully saturated rings. The molecule has 7 heteroatoms. The number of carbonyl (C=O) groups excluding carboxylic acids is 1. The quantitative estimate of drug-likeness (QED) is 0.667. The molecule has 1 amide bonds. The number of amides is 1. The number of halogens is 1. The molecular weight excluding hydrogens is 236 g/mol. The third-order valence-corrected chi connectivity index (χ3v) is 1.93. The van der Waals surface area contributed by atoms with Crippen LogP contribution in [0.15, 0.2) is 18.2 Å². The van der Waals surface area contributed by atoms with Gasteiger partial charge in [-0.05, 0) is 18.2 Å². The molecule has 0 aliphatic heterocycles. The summed E-state index contributed by atoms with van der Waals surface area (Å²) >= 11 is 5.75. The van der Waals surface area contributed by atoms with Crippen LogP contribution in [0.4, 0.5) is 5.69 Å². The Kier molecular flexibility index (Phi) is 4.10. The molecule has 0 aliphatic carbocycles. The maximum Gasteiger partial charge on any atom is 0.332 e. The van der Waals surface area contributed by atoms with Gasteiger partial charge in [-0.1, -0.05) is 11.6 Å². The normalized spacial score (nSPS) is 9.81. The van der Waals surface area contributed by atoms with Crippen molar-refractivity contribution in [3.05, 3.63) is 28.8 Å². The van der Waals surface area contributed by atoms with E-state index in [4.69, 9.17) is 22.4 Å². The van der Waals surface area contributed by atoms with Crippen molar-refractivity contribution in [3.8, 4) is 0 Å². The number of anilines is 1. The highest BCUT2D eigenvalue weighted by Crippen LogP contribution is 2.20. The van der Waals surface area contributed by atoms with Crippen molar-refractivity contribution < 1.29 is 19.5 Å². The van der Waals surface area contributed by atoms with Gasteiger partial charge in [0.25, 0.3) is 0 Å². The van der Waals surface area contributed by atoms with E-state index in [1.54, 1.807) is 0 Å². The fourth-order valence-corrected chi connectivity index (χ4v) is 1.23. The Hall–Kier alpha value is -1.79. The van der Waals surface area contributed by atoms with Crippen molar-refractivity contribution in [1.29, 1.82) is 0 Å². The lowest BCUT2D eigenvalue weighted by Crippen LogP contribution is -2.13. The number of aliphatic carboxylic acids is 1. The van der Waals surface area contributed by atoms with E-state index in [1.807, 2.05) is 0 Å². The van der Waals surface area contributed by atoms with E-state index in [9.17, 15) is 9.59 Å². The minimum Gasteiger partial charge on any atom is -0.479 e. The molecule has 0 atom stereocenters. The maximum absolute atomic E-state index is 10.8. The largest absolute Gasteiger partial charge is 0.479 e. The van der Waals surface area contributed by atoms with Crippen LogP contribution in [0.5, 0.6) is 0 Å². The highest BCUT2D eigenvalue weighted by Gasteiger charge is 2.07. The van der Waals surface area contributed by atoms with Crippen LogP contribution in [0.2, 0.25) is 5.02 Å². The fourth-order valence-electron chi connectivity index (χ4n) is 0.960. The lowest BCUT2D eigenvalue weighted by atomic mass is 10.2. The molecule has 0 spiro atoms. The predicted molar refractivity (Wildman–Crippen MR) is 57.2 cm³/mol. The van der Waals surface area contributed by atoms with Gasteiger partial charge in [0, 0.05) is 0 Å². The monoisotopic (exact) mass is 244 g/mol. The Morgan fingerprint density at radius 1 is 1.50 bits per heavy atom. The number of nitrogens with one attached hydrogen (secondary N) is 1. The zero-order valence-corrected chi connectivity index (χ0v) is 8.82. The average Bonchev–Trinajstić information content (AvgIpc) is 2.16. The highest BCUT2D eigenvalue weighted by molar-refractivity contribution is 6.34. The summed E-state index contributed by atoms with van der Waals surface area (Å²) in [5.41, 5.74) is 8.03. The molecule has 4 N–H and O–H groups in total. The van der Waals surface area contributed by atoms with Crippen molar-refractivity contribution in [2.24, 2.45) is 5.73 Å². The number of carboxylic acids is 1. The Balaban J connectivity index is 2.66. The molecule has 1 aromatic carbocycles. The summed E-state index contributed by atoms with van der Waals surface area (Å²) in [6.07, 6.45) is 0. The lowest BCUT2D eigenvalue weighted by Gasteiger charge is -2.06. The Morgan fingerprint density at radius 2 is 2.19 bits per heavy atom. The van der Waals surface area contributed by atoms with Gasteiger partial charge in [-0.25, -0.2) is 4.79 Å². The summed E-state index contributed by atoms with van der Waals surface area (Å²) in [7, 11) is 0. The van der Waals surface area contributed by atoms with Crippen LogP contribution in [0.25, 0.3) is 0 Å². The molecule has 0 aliphatic rings. The molecule has 0 bridgehead atoms. The number of hydrogen-bond acceptors (Lipinski definition) is 4. The molecule has 0 saturated heterocycles. The first kappa shape index (κ1) is 12.3. The van der Waals surface area contributed by atoms with E-state index in [0.29, 0.717) is 5.69 Å². The summed E-state index contributed by atoms with van der Waals surface area (Å²) < 4.78 is 0. The van der Waals surface area contributed by atoms with Gasteiger partial charge >= 0.3 is 5.97 Å².